The molecular formula is C19H20ClN3O3. The lowest BCUT2D eigenvalue weighted by molar-refractivity contribution is 0.0303. The summed E-state index contributed by atoms with van der Waals surface area (Å²) in [6.45, 7) is 2.65. The summed E-state index contributed by atoms with van der Waals surface area (Å²) in [6.07, 6.45) is 2.15. The van der Waals surface area contributed by atoms with Crippen LogP contribution < -0.4 is 5.32 Å². The number of benzene rings is 1. The molecule has 1 saturated heterocycles. The van der Waals surface area contributed by atoms with Crippen LogP contribution >= 0.6 is 11.6 Å². The zero-order chi connectivity index (χ0) is 18.4. The van der Waals surface area contributed by atoms with E-state index in [0.29, 0.717) is 49.9 Å². The van der Waals surface area contributed by atoms with Gasteiger partial charge < -0.3 is 15.0 Å². The Morgan fingerprint density at radius 1 is 1.19 bits per heavy atom. The van der Waals surface area contributed by atoms with Crippen LogP contribution in [-0.2, 0) is 11.2 Å². The molecule has 0 atom stereocenters. The van der Waals surface area contributed by atoms with Gasteiger partial charge in [0.15, 0.2) is 0 Å². The third-order valence-electron chi connectivity index (χ3n) is 4.13. The fourth-order valence-electron chi connectivity index (χ4n) is 2.74. The molecule has 6 nitrogen and oxygen atoms in total. The van der Waals surface area contributed by atoms with Crippen molar-refractivity contribution in [1.82, 2.24) is 15.2 Å². The Hall–Kier alpha value is -2.44. The number of aromatic nitrogens is 1. The zero-order valence-electron chi connectivity index (χ0n) is 14.3. The molecule has 0 aliphatic carbocycles. The molecular weight excluding hydrogens is 354 g/mol. The predicted octanol–water partition coefficient (Wildman–Crippen LogP) is 2.18. The minimum absolute atomic E-state index is 0.108. The van der Waals surface area contributed by atoms with E-state index >= 15 is 0 Å². The normalized spacial score (nSPS) is 14.1. The Balaban J connectivity index is 1.58. The third kappa shape index (κ3) is 4.80. The number of morpholine rings is 1. The molecule has 1 aliphatic rings. The van der Waals surface area contributed by atoms with E-state index in [-0.39, 0.29) is 17.5 Å². The number of nitrogens with zero attached hydrogens (tertiary/aromatic N) is 2. The molecule has 0 bridgehead atoms. The summed E-state index contributed by atoms with van der Waals surface area (Å²) in [4.78, 5) is 30.6. The molecule has 1 aromatic heterocycles. The maximum atomic E-state index is 12.5. The lowest BCUT2D eigenvalue weighted by Gasteiger charge is -2.26. The van der Waals surface area contributed by atoms with E-state index in [0.717, 1.165) is 5.56 Å². The second-order valence-corrected chi connectivity index (χ2v) is 6.41. The van der Waals surface area contributed by atoms with Crippen LogP contribution in [0.15, 0.2) is 42.6 Å². The summed E-state index contributed by atoms with van der Waals surface area (Å²) in [5.74, 6) is -0.410. The molecule has 26 heavy (non-hydrogen) atoms. The first-order chi connectivity index (χ1) is 12.6. The van der Waals surface area contributed by atoms with Gasteiger partial charge in [-0.2, -0.15) is 0 Å². The van der Waals surface area contributed by atoms with Crippen LogP contribution in [0.1, 0.15) is 26.4 Å². The molecule has 1 fully saturated rings. The van der Waals surface area contributed by atoms with Crippen LogP contribution in [0.3, 0.4) is 0 Å². The second-order valence-electron chi connectivity index (χ2n) is 5.97. The quantitative estimate of drug-likeness (QED) is 0.872. The molecule has 2 aromatic rings. The van der Waals surface area contributed by atoms with E-state index in [4.69, 9.17) is 16.3 Å². The summed E-state index contributed by atoms with van der Waals surface area (Å²) >= 11 is 5.95. The van der Waals surface area contributed by atoms with Crippen molar-refractivity contribution in [2.45, 2.75) is 6.42 Å². The summed E-state index contributed by atoms with van der Waals surface area (Å²) in [5, 5.41) is 3.49. The average Bonchev–Trinajstić information content (AvgIpc) is 2.68. The fraction of sp³-hybridized carbons (Fsp3) is 0.316. The number of hydrogen-bond acceptors (Lipinski definition) is 4. The molecule has 2 heterocycles. The fourth-order valence-corrected chi connectivity index (χ4v) is 2.95. The van der Waals surface area contributed by atoms with Crippen molar-refractivity contribution in [2.75, 3.05) is 32.8 Å². The number of halogens is 1. The van der Waals surface area contributed by atoms with Crippen LogP contribution in [-0.4, -0.2) is 54.5 Å². The van der Waals surface area contributed by atoms with E-state index in [2.05, 4.69) is 10.3 Å². The van der Waals surface area contributed by atoms with Crippen molar-refractivity contribution in [3.8, 4) is 0 Å². The molecule has 0 radical (unpaired) electrons. The molecule has 0 spiro atoms. The summed E-state index contributed by atoms with van der Waals surface area (Å²) in [7, 11) is 0. The first-order valence-corrected chi connectivity index (χ1v) is 8.87. The summed E-state index contributed by atoms with van der Waals surface area (Å²) in [5.41, 5.74) is 1.74. The van der Waals surface area contributed by atoms with Crippen LogP contribution in [0, 0.1) is 0 Å². The number of carbonyl (C=O) groups excluding carboxylic acids is 2. The maximum Gasteiger partial charge on any atom is 0.269 e. The SMILES string of the molecule is O=C(NCCc1cccc(Cl)c1)c1cc(C(=O)N2CCOCC2)ccn1. The van der Waals surface area contributed by atoms with Gasteiger partial charge in [0.1, 0.15) is 5.69 Å². The lowest BCUT2D eigenvalue weighted by Crippen LogP contribution is -2.40. The first-order valence-electron chi connectivity index (χ1n) is 8.49. The number of ether oxygens (including phenoxy) is 1. The van der Waals surface area contributed by atoms with Gasteiger partial charge in [0.2, 0.25) is 0 Å². The van der Waals surface area contributed by atoms with Crippen molar-refractivity contribution in [2.24, 2.45) is 0 Å². The van der Waals surface area contributed by atoms with Crippen molar-refractivity contribution >= 4 is 23.4 Å². The van der Waals surface area contributed by atoms with Gasteiger partial charge in [0.05, 0.1) is 13.2 Å². The molecule has 7 heteroatoms. The van der Waals surface area contributed by atoms with E-state index in [1.54, 1.807) is 11.0 Å². The van der Waals surface area contributed by atoms with Gasteiger partial charge in [-0.05, 0) is 36.2 Å². The standard InChI is InChI=1S/C19H20ClN3O3/c20-16-3-1-2-14(12-16)4-6-22-18(24)17-13-15(5-7-21-17)19(25)23-8-10-26-11-9-23/h1-3,5,7,12-13H,4,6,8-11H2,(H,22,24). The van der Waals surface area contributed by atoms with Crippen LogP contribution in [0.5, 0.6) is 0 Å². The Morgan fingerprint density at radius 3 is 2.77 bits per heavy atom. The highest BCUT2D eigenvalue weighted by Gasteiger charge is 2.19. The highest BCUT2D eigenvalue weighted by molar-refractivity contribution is 6.30. The molecule has 2 amide bonds. The maximum absolute atomic E-state index is 12.5. The summed E-state index contributed by atoms with van der Waals surface area (Å²) in [6, 6.07) is 10.7. The minimum atomic E-state index is -0.302. The topological polar surface area (TPSA) is 71.5 Å². The Kier molecular flexibility index (Phi) is 6.20. The van der Waals surface area contributed by atoms with E-state index in [1.807, 2.05) is 24.3 Å². The Morgan fingerprint density at radius 2 is 2.00 bits per heavy atom. The average molecular weight is 374 g/mol. The molecule has 0 unspecified atom stereocenters. The number of nitrogens with one attached hydrogen (secondary N) is 1. The van der Waals surface area contributed by atoms with Crippen molar-refractivity contribution in [3.63, 3.8) is 0 Å². The molecule has 1 aromatic carbocycles. The highest BCUT2D eigenvalue weighted by Crippen LogP contribution is 2.11. The number of hydrogen-bond donors (Lipinski definition) is 1. The number of carbonyl (C=O) groups is 2. The second kappa shape index (κ2) is 8.78. The Labute approximate surface area is 157 Å². The van der Waals surface area contributed by atoms with Crippen molar-refractivity contribution < 1.29 is 14.3 Å². The van der Waals surface area contributed by atoms with Crippen LogP contribution in [0.2, 0.25) is 5.02 Å². The summed E-state index contributed by atoms with van der Waals surface area (Å²) < 4.78 is 5.26. The van der Waals surface area contributed by atoms with Gasteiger partial charge in [0.25, 0.3) is 11.8 Å². The molecule has 136 valence electrons. The van der Waals surface area contributed by atoms with E-state index in [1.165, 1.54) is 12.3 Å². The first kappa shape index (κ1) is 18.4. The third-order valence-corrected chi connectivity index (χ3v) is 4.36. The molecule has 1 aliphatic heterocycles. The Bertz CT molecular complexity index is 791. The number of amides is 2. The highest BCUT2D eigenvalue weighted by atomic mass is 35.5. The van der Waals surface area contributed by atoms with Crippen LogP contribution in [0.4, 0.5) is 0 Å². The van der Waals surface area contributed by atoms with Gasteiger partial charge in [0, 0.05) is 36.4 Å². The van der Waals surface area contributed by atoms with E-state index in [9.17, 15) is 9.59 Å². The smallest absolute Gasteiger partial charge is 0.269 e. The van der Waals surface area contributed by atoms with Gasteiger partial charge in [-0.15, -0.1) is 0 Å². The lowest BCUT2D eigenvalue weighted by atomic mass is 10.1. The molecule has 1 N–H and O–H groups in total. The van der Waals surface area contributed by atoms with Gasteiger partial charge in [-0.3, -0.25) is 14.6 Å². The van der Waals surface area contributed by atoms with Crippen LogP contribution in [0.25, 0.3) is 0 Å². The minimum Gasteiger partial charge on any atom is -0.378 e. The zero-order valence-corrected chi connectivity index (χ0v) is 15.0. The van der Waals surface area contributed by atoms with Gasteiger partial charge in [-0.25, -0.2) is 0 Å². The van der Waals surface area contributed by atoms with Crippen molar-refractivity contribution in [3.05, 3.63) is 64.4 Å². The van der Waals surface area contributed by atoms with Gasteiger partial charge in [-0.1, -0.05) is 23.7 Å². The number of rotatable bonds is 5. The van der Waals surface area contributed by atoms with Crippen molar-refractivity contribution in [1.29, 1.82) is 0 Å². The molecule has 0 saturated carbocycles. The van der Waals surface area contributed by atoms with E-state index < -0.39 is 0 Å². The van der Waals surface area contributed by atoms with Gasteiger partial charge >= 0.3 is 0 Å². The number of pyridine rings is 1. The molecule has 3 rings (SSSR count). The predicted molar refractivity (Wildman–Crippen MR) is 98.4 cm³/mol. The monoisotopic (exact) mass is 373 g/mol. The largest absolute Gasteiger partial charge is 0.378 e.